The number of anilines is 1. The summed E-state index contributed by atoms with van der Waals surface area (Å²) < 4.78 is 0. The number of carbonyl (C=O) groups excluding carboxylic acids is 1. The van der Waals surface area contributed by atoms with Crippen LogP contribution >= 0.6 is 11.6 Å². The third kappa shape index (κ3) is 4.75. The van der Waals surface area contributed by atoms with Crippen LogP contribution in [0.5, 0.6) is 0 Å². The van der Waals surface area contributed by atoms with Crippen molar-refractivity contribution in [1.82, 2.24) is 25.5 Å². The fourth-order valence-electron chi connectivity index (χ4n) is 2.49. The third-order valence-corrected chi connectivity index (χ3v) is 4.50. The van der Waals surface area contributed by atoms with Crippen molar-refractivity contribution in [2.24, 2.45) is 0 Å². The van der Waals surface area contributed by atoms with Gasteiger partial charge in [-0.3, -0.25) is 4.79 Å². The first-order chi connectivity index (χ1) is 13.4. The Balaban J connectivity index is 1.66. The van der Waals surface area contributed by atoms with E-state index in [1.165, 1.54) is 11.0 Å². The number of tetrazole rings is 1. The van der Waals surface area contributed by atoms with Gasteiger partial charge in [0.05, 0.1) is 6.20 Å². The molecule has 7 nitrogen and oxygen atoms in total. The van der Waals surface area contributed by atoms with E-state index in [2.05, 4.69) is 20.7 Å². The Labute approximate surface area is 168 Å². The molecule has 2 aromatic carbocycles. The number of rotatable bonds is 6. The van der Waals surface area contributed by atoms with E-state index < -0.39 is 0 Å². The zero-order valence-corrected chi connectivity index (χ0v) is 16.7. The molecule has 0 bridgehead atoms. The van der Waals surface area contributed by atoms with Crippen molar-refractivity contribution in [2.75, 3.05) is 19.0 Å². The highest BCUT2D eigenvalue weighted by atomic mass is 35.5. The minimum atomic E-state index is -0.228. The molecule has 1 amide bonds. The number of benzene rings is 2. The standard InChI is InChI=1S/C20H21ClN6O/c1-14(20(28)22-12-16-6-4-5-7-18(16)21)13-27-24-19(23-25-27)15-8-10-17(11-9-15)26(2)3/h4-11,13H,12H2,1-3H3,(H,22,28)/b14-13+. The Bertz CT molecular complexity index is 994. The zero-order chi connectivity index (χ0) is 20.1. The molecule has 0 unspecified atom stereocenters. The number of nitrogens with one attached hydrogen (secondary N) is 1. The lowest BCUT2D eigenvalue weighted by Gasteiger charge is -2.11. The fourth-order valence-corrected chi connectivity index (χ4v) is 2.70. The van der Waals surface area contributed by atoms with E-state index in [-0.39, 0.29) is 5.91 Å². The summed E-state index contributed by atoms with van der Waals surface area (Å²) in [7, 11) is 3.96. The van der Waals surface area contributed by atoms with Crippen molar-refractivity contribution in [3.8, 4) is 11.4 Å². The average Bonchev–Trinajstić information content (AvgIpc) is 3.15. The highest BCUT2D eigenvalue weighted by Gasteiger charge is 2.09. The van der Waals surface area contributed by atoms with Crippen LogP contribution in [0.4, 0.5) is 5.69 Å². The Morgan fingerprint density at radius 1 is 1.18 bits per heavy atom. The van der Waals surface area contributed by atoms with Crippen LogP contribution in [0.1, 0.15) is 12.5 Å². The Kier molecular flexibility index (Phi) is 6.06. The normalized spacial score (nSPS) is 11.4. The molecular formula is C20H21ClN6O. The number of halogens is 1. The number of carbonyl (C=O) groups is 1. The van der Waals surface area contributed by atoms with Gasteiger partial charge in [0.2, 0.25) is 11.7 Å². The first kappa shape index (κ1) is 19.6. The summed E-state index contributed by atoms with van der Waals surface area (Å²) in [5.74, 6) is 0.264. The third-order valence-electron chi connectivity index (χ3n) is 4.13. The van der Waals surface area contributed by atoms with Crippen LogP contribution in [-0.4, -0.2) is 40.2 Å². The molecule has 0 saturated carbocycles. The van der Waals surface area contributed by atoms with Crippen molar-refractivity contribution < 1.29 is 4.79 Å². The minimum Gasteiger partial charge on any atom is -0.378 e. The van der Waals surface area contributed by atoms with E-state index >= 15 is 0 Å². The van der Waals surface area contributed by atoms with Crippen molar-refractivity contribution in [1.29, 1.82) is 0 Å². The molecule has 3 aromatic rings. The van der Waals surface area contributed by atoms with Gasteiger partial charge < -0.3 is 10.2 Å². The van der Waals surface area contributed by atoms with E-state index in [1.807, 2.05) is 61.5 Å². The van der Waals surface area contributed by atoms with Crippen molar-refractivity contribution in [3.05, 3.63) is 64.7 Å². The number of amides is 1. The van der Waals surface area contributed by atoms with Crippen molar-refractivity contribution >= 4 is 29.4 Å². The van der Waals surface area contributed by atoms with Crippen LogP contribution in [0.15, 0.2) is 54.1 Å². The topological polar surface area (TPSA) is 75.9 Å². The van der Waals surface area contributed by atoms with E-state index in [0.29, 0.717) is 23.0 Å². The van der Waals surface area contributed by atoms with E-state index in [9.17, 15) is 4.79 Å². The molecule has 0 fully saturated rings. The Morgan fingerprint density at radius 3 is 2.57 bits per heavy atom. The quantitative estimate of drug-likeness (QED) is 0.647. The lowest BCUT2D eigenvalue weighted by Crippen LogP contribution is -2.24. The molecule has 0 aliphatic heterocycles. The van der Waals surface area contributed by atoms with Gasteiger partial charge in [0.25, 0.3) is 0 Å². The Hall–Kier alpha value is -3.19. The number of hydrogen-bond donors (Lipinski definition) is 1. The van der Waals surface area contributed by atoms with Gasteiger partial charge in [-0.1, -0.05) is 29.8 Å². The van der Waals surface area contributed by atoms with Crippen LogP contribution in [0.3, 0.4) is 0 Å². The SMILES string of the molecule is C/C(=C\n1nnc(-c2ccc(N(C)C)cc2)n1)C(=O)NCc1ccccc1Cl. The predicted octanol–water partition coefficient (Wildman–Crippen LogP) is 3.24. The van der Waals surface area contributed by atoms with Gasteiger partial charge in [0.15, 0.2) is 0 Å². The molecule has 3 rings (SSSR count). The maximum absolute atomic E-state index is 12.3. The molecule has 1 heterocycles. The van der Waals surface area contributed by atoms with Gasteiger partial charge in [-0.15, -0.1) is 15.0 Å². The Morgan fingerprint density at radius 2 is 1.89 bits per heavy atom. The van der Waals surface area contributed by atoms with Gasteiger partial charge >= 0.3 is 0 Å². The maximum atomic E-state index is 12.3. The second-order valence-electron chi connectivity index (χ2n) is 6.46. The number of hydrogen-bond acceptors (Lipinski definition) is 5. The molecule has 28 heavy (non-hydrogen) atoms. The number of aromatic nitrogens is 4. The molecule has 8 heteroatoms. The number of nitrogens with zero attached hydrogens (tertiary/aromatic N) is 5. The largest absolute Gasteiger partial charge is 0.378 e. The van der Waals surface area contributed by atoms with Gasteiger partial charge in [-0.25, -0.2) is 0 Å². The summed E-state index contributed by atoms with van der Waals surface area (Å²) >= 11 is 6.10. The van der Waals surface area contributed by atoms with Crippen LogP contribution in [-0.2, 0) is 11.3 Å². The fraction of sp³-hybridized carbons (Fsp3) is 0.200. The monoisotopic (exact) mass is 396 g/mol. The molecule has 0 radical (unpaired) electrons. The zero-order valence-electron chi connectivity index (χ0n) is 15.9. The molecule has 0 aliphatic rings. The first-order valence-corrected chi connectivity index (χ1v) is 9.09. The highest BCUT2D eigenvalue weighted by Crippen LogP contribution is 2.19. The van der Waals surface area contributed by atoms with E-state index in [0.717, 1.165) is 16.8 Å². The van der Waals surface area contributed by atoms with Crippen molar-refractivity contribution in [2.45, 2.75) is 13.5 Å². The first-order valence-electron chi connectivity index (χ1n) is 8.71. The maximum Gasteiger partial charge on any atom is 0.248 e. The van der Waals surface area contributed by atoms with Crippen LogP contribution in [0.25, 0.3) is 17.6 Å². The summed E-state index contributed by atoms with van der Waals surface area (Å²) in [5.41, 5.74) is 3.25. The summed E-state index contributed by atoms with van der Waals surface area (Å²) in [4.78, 5) is 15.6. The van der Waals surface area contributed by atoms with Crippen LogP contribution in [0.2, 0.25) is 5.02 Å². The molecule has 144 valence electrons. The summed E-state index contributed by atoms with van der Waals surface area (Å²) in [5, 5.41) is 15.8. The van der Waals surface area contributed by atoms with Crippen molar-refractivity contribution in [3.63, 3.8) is 0 Å². The summed E-state index contributed by atoms with van der Waals surface area (Å²) in [6, 6.07) is 15.2. The molecular weight excluding hydrogens is 376 g/mol. The van der Waals surface area contributed by atoms with E-state index in [4.69, 9.17) is 11.6 Å². The molecule has 1 aromatic heterocycles. The molecule has 1 N–H and O–H groups in total. The lowest BCUT2D eigenvalue weighted by atomic mass is 10.2. The molecule has 0 atom stereocenters. The van der Waals surface area contributed by atoms with Gasteiger partial charge in [-0.2, -0.15) is 0 Å². The van der Waals surface area contributed by atoms with Gasteiger partial charge in [0, 0.05) is 42.5 Å². The summed E-state index contributed by atoms with van der Waals surface area (Å²) in [6.07, 6.45) is 1.53. The molecule has 0 spiro atoms. The van der Waals surface area contributed by atoms with Crippen LogP contribution < -0.4 is 10.2 Å². The minimum absolute atomic E-state index is 0.228. The van der Waals surface area contributed by atoms with Gasteiger partial charge in [0.1, 0.15) is 0 Å². The molecule has 0 saturated heterocycles. The smallest absolute Gasteiger partial charge is 0.248 e. The summed E-state index contributed by atoms with van der Waals surface area (Å²) in [6.45, 7) is 2.04. The average molecular weight is 397 g/mol. The highest BCUT2D eigenvalue weighted by molar-refractivity contribution is 6.31. The predicted molar refractivity (Wildman–Crippen MR) is 111 cm³/mol. The van der Waals surface area contributed by atoms with Gasteiger partial charge in [-0.05, 0) is 48.0 Å². The second kappa shape index (κ2) is 8.67. The second-order valence-corrected chi connectivity index (χ2v) is 6.87. The molecule has 0 aliphatic carbocycles. The van der Waals surface area contributed by atoms with E-state index in [1.54, 1.807) is 13.0 Å². The van der Waals surface area contributed by atoms with Crippen LogP contribution in [0, 0.1) is 0 Å². The lowest BCUT2D eigenvalue weighted by molar-refractivity contribution is -0.117.